The second kappa shape index (κ2) is 6.90. The molecule has 108 valence electrons. The van der Waals surface area contributed by atoms with E-state index < -0.39 is 31.1 Å². The summed E-state index contributed by atoms with van der Waals surface area (Å²) < 4.78 is 0.746. The van der Waals surface area contributed by atoms with Gasteiger partial charge in [0.1, 0.15) is 13.1 Å². The molecule has 0 heterocycles. The maximum absolute atomic E-state index is 11.9. The number of rotatable bonds is 5. The topological polar surface area (TPSA) is 107 Å². The molecular weight excluding hydrogens is 332 g/mol. The first-order valence-corrected chi connectivity index (χ1v) is 6.34. The summed E-state index contributed by atoms with van der Waals surface area (Å²) in [6.45, 7) is 0.447. The van der Waals surface area contributed by atoms with Crippen LogP contribution in [0.2, 0.25) is 0 Å². The Bertz CT molecular complexity index is 510. The predicted molar refractivity (Wildman–Crippen MR) is 74.7 cm³/mol. The van der Waals surface area contributed by atoms with Gasteiger partial charge in [0, 0.05) is 10.2 Å². The summed E-state index contributed by atoms with van der Waals surface area (Å²) in [5, 5.41) is 19.8. The first-order chi connectivity index (χ1) is 9.27. The minimum absolute atomic E-state index is 0.447. The Morgan fingerprint density at radius 1 is 1.15 bits per heavy atom. The number of urea groups is 1. The molecule has 0 aliphatic heterocycles. The predicted octanol–water partition coefficient (Wildman–Crippen LogP) is 1.76. The van der Waals surface area contributed by atoms with Crippen LogP contribution in [0.5, 0.6) is 0 Å². The molecule has 0 aliphatic rings. The van der Waals surface area contributed by atoms with E-state index in [9.17, 15) is 14.4 Å². The summed E-state index contributed by atoms with van der Waals surface area (Å²) in [6, 6.07) is 4.36. The van der Waals surface area contributed by atoms with Gasteiger partial charge in [-0.3, -0.25) is 9.59 Å². The number of anilines is 1. The molecular formula is C12H13BrN2O5. The van der Waals surface area contributed by atoms with Crippen LogP contribution in [0, 0.1) is 6.92 Å². The normalized spacial score (nSPS) is 9.90. The number of hydrogen-bond donors (Lipinski definition) is 3. The zero-order valence-corrected chi connectivity index (χ0v) is 12.2. The van der Waals surface area contributed by atoms with Gasteiger partial charge >= 0.3 is 18.0 Å². The summed E-state index contributed by atoms with van der Waals surface area (Å²) in [4.78, 5) is 33.8. The van der Waals surface area contributed by atoms with Crippen LogP contribution in [0.4, 0.5) is 10.5 Å². The van der Waals surface area contributed by atoms with Crippen molar-refractivity contribution in [1.29, 1.82) is 0 Å². The third kappa shape index (κ3) is 5.27. The van der Waals surface area contributed by atoms with Crippen molar-refractivity contribution in [2.24, 2.45) is 0 Å². The Morgan fingerprint density at radius 3 is 2.15 bits per heavy atom. The molecule has 8 heteroatoms. The third-order valence-electron chi connectivity index (χ3n) is 2.23. The van der Waals surface area contributed by atoms with E-state index in [1.54, 1.807) is 12.1 Å². The molecule has 0 unspecified atom stereocenters. The van der Waals surface area contributed by atoms with Gasteiger partial charge in [-0.05, 0) is 30.7 Å². The van der Waals surface area contributed by atoms with Crippen LogP contribution in [0.15, 0.2) is 22.7 Å². The quantitative estimate of drug-likeness (QED) is 0.754. The minimum atomic E-state index is -1.29. The van der Waals surface area contributed by atoms with Gasteiger partial charge in [-0.2, -0.15) is 0 Å². The molecule has 0 saturated carbocycles. The molecule has 1 rings (SSSR count). The van der Waals surface area contributed by atoms with E-state index in [-0.39, 0.29) is 0 Å². The summed E-state index contributed by atoms with van der Waals surface area (Å²) >= 11 is 3.27. The minimum Gasteiger partial charge on any atom is -0.480 e. The molecule has 3 N–H and O–H groups in total. The number of carboxylic acids is 2. The molecule has 1 aromatic carbocycles. The molecule has 7 nitrogen and oxygen atoms in total. The van der Waals surface area contributed by atoms with Gasteiger partial charge in [-0.15, -0.1) is 0 Å². The van der Waals surface area contributed by atoms with E-state index in [0.29, 0.717) is 10.6 Å². The number of nitrogens with one attached hydrogen (secondary N) is 1. The molecule has 1 aromatic rings. The number of hydrogen-bond acceptors (Lipinski definition) is 3. The van der Waals surface area contributed by atoms with Crippen LogP contribution >= 0.6 is 15.9 Å². The van der Waals surface area contributed by atoms with Gasteiger partial charge in [0.2, 0.25) is 0 Å². The molecule has 0 bridgehead atoms. The molecule has 0 fully saturated rings. The number of benzene rings is 1. The fourth-order valence-corrected chi connectivity index (χ4v) is 2.14. The highest BCUT2D eigenvalue weighted by Gasteiger charge is 2.19. The molecule has 0 saturated heterocycles. The number of carbonyl (C=O) groups excluding carboxylic acids is 1. The number of aryl methyl sites for hydroxylation is 1. The number of nitrogens with zero attached hydrogens (tertiary/aromatic N) is 1. The maximum atomic E-state index is 11.9. The first-order valence-electron chi connectivity index (χ1n) is 5.54. The standard InChI is InChI=1S/C12H13BrN2O5/c1-7-2-8(13)4-9(3-7)14-12(20)15(5-10(16)17)6-11(18)19/h2-4H,5-6H2,1H3,(H,14,20)(H,16,17)(H,18,19). The smallest absolute Gasteiger partial charge is 0.323 e. The number of amides is 2. The van der Waals surface area contributed by atoms with Crippen LogP contribution in [0.1, 0.15) is 5.56 Å². The summed E-state index contributed by atoms with van der Waals surface area (Å²) in [7, 11) is 0. The second-order valence-corrected chi connectivity index (χ2v) is 5.01. The third-order valence-corrected chi connectivity index (χ3v) is 2.69. The van der Waals surface area contributed by atoms with Gasteiger partial charge in [0.15, 0.2) is 0 Å². The van der Waals surface area contributed by atoms with Crippen LogP contribution in [-0.2, 0) is 9.59 Å². The van der Waals surface area contributed by atoms with Crippen LogP contribution in [-0.4, -0.2) is 46.2 Å². The van der Waals surface area contributed by atoms with Crippen LogP contribution < -0.4 is 5.32 Å². The van der Waals surface area contributed by atoms with Crippen LogP contribution in [0.25, 0.3) is 0 Å². The zero-order chi connectivity index (χ0) is 15.3. The lowest BCUT2D eigenvalue weighted by Gasteiger charge is -2.19. The van der Waals surface area contributed by atoms with Crippen molar-refractivity contribution >= 4 is 39.6 Å². The average Bonchev–Trinajstić information content (AvgIpc) is 2.24. The molecule has 0 atom stereocenters. The van der Waals surface area contributed by atoms with Crippen molar-refractivity contribution < 1.29 is 24.6 Å². The molecule has 20 heavy (non-hydrogen) atoms. The largest absolute Gasteiger partial charge is 0.480 e. The van der Waals surface area contributed by atoms with E-state index >= 15 is 0 Å². The van der Waals surface area contributed by atoms with Gasteiger partial charge in [-0.1, -0.05) is 15.9 Å². The number of carboxylic acid groups (broad SMARTS) is 2. The summed E-state index contributed by atoms with van der Waals surface area (Å²) in [5.74, 6) is -2.57. The molecule has 2 amide bonds. The SMILES string of the molecule is Cc1cc(Br)cc(NC(=O)N(CC(=O)O)CC(=O)O)c1. The second-order valence-electron chi connectivity index (χ2n) is 4.09. The lowest BCUT2D eigenvalue weighted by molar-refractivity contribution is -0.140. The van der Waals surface area contributed by atoms with Crippen molar-refractivity contribution in [3.05, 3.63) is 28.2 Å². The van der Waals surface area contributed by atoms with E-state index in [2.05, 4.69) is 21.2 Å². The fourth-order valence-electron chi connectivity index (χ4n) is 1.54. The highest BCUT2D eigenvalue weighted by Crippen LogP contribution is 2.19. The Labute approximate surface area is 123 Å². The Morgan fingerprint density at radius 2 is 1.70 bits per heavy atom. The summed E-state index contributed by atoms with van der Waals surface area (Å²) in [5.41, 5.74) is 1.33. The van der Waals surface area contributed by atoms with E-state index in [0.717, 1.165) is 10.0 Å². The van der Waals surface area contributed by atoms with Crippen molar-refractivity contribution in [2.45, 2.75) is 6.92 Å². The van der Waals surface area contributed by atoms with Gasteiger partial charge in [0.05, 0.1) is 0 Å². The highest BCUT2D eigenvalue weighted by atomic mass is 79.9. The maximum Gasteiger partial charge on any atom is 0.323 e. The molecule has 0 radical (unpaired) electrons. The van der Waals surface area contributed by atoms with Crippen LogP contribution in [0.3, 0.4) is 0 Å². The fraction of sp³-hybridized carbons (Fsp3) is 0.250. The van der Waals surface area contributed by atoms with Crippen molar-refractivity contribution in [2.75, 3.05) is 18.4 Å². The monoisotopic (exact) mass is 344 g/mol. The number of aliphatic carboxylic acids is 2. The molecule has 0 spiro atoms. The Hall–Kier alpha value is -2.09. The van der Waals surface area contributed by atoms with E-state index in [1.807, 2.05) is 13.0 Å². The van der Waals surface area contributed by atoms with Gasteiger partial charge < -0.3 is 20.4 Å². The van der Waals surface area contributed by atoms with Gasteiger partial charge in [0.25, 0.3) is 0 Å². The van der Waals surface area contributed by atoms with Crippen molar-refractivity contribution in [3.63, 3.8) is 0 Å². The van der Waals surface area contributed by atoms with Gasteiger partial charge in [-0.25, -0.2) is 4.79 Å². The number of halogens is 1. The lowest BCUT2D eigenvalue weighted by atomic mass is 10.2. The molecule has 0 aromatic heterocycles. The Balaban J connectivity index is 2.83. The summed E-state index contributed by atoms with van der Waals surface area (Å²) in [6.07, 6.45) is 0. The lowest BCUT2D eigenvalue weighted by Crippen LogP contribution is -2.41. The first kappa shape index (κ1) is 16.0. The number of carbonyl (C=O) groups is 3. The van der Waals surface area contributed by atoms with Crippen molar-refractivity contribution in [1.82, 2.24) is 4.90 Å². The van der Waals surface area contributed by atoms with E-state index in [4.69, 9.17) is 10.2 Å². The Kier molecular flexibility index (Phi) is 5.51. The zero-order valence-electron chi connectivity index (χ0n) is 10.6. The highest BCUT2D eigenvalue weighted by molar-refractivity contribution is 9.10. The van der Waals surface area contributed by atoms with Crippen molar-refractivity contribution in [3.8, 4) is 0 Å². The molecule has 0 aliphatic carbocycles. The van der Waals surface area contributed by atoms with E-state index in [1.165, 1.54) is 0 Å². The average molecular weight is 345 g/mol.